The van der Waals surface area contributed by atoms with Gasteiger partial charge >= 0.3 is 0 Å². The van der Waals surface area contributed by atoms with Crippen LogP contribution in [-0.4, -0.2) is 39.2 Å². The topological polar surface area (TPSA) is 92.8 Å². The minimum atomic E-state index is -0.0749. The highest BCUT2D eigenvalue weighted by atomic mass is 16.5. The Labute approximate surface area is 128 Å². The van der Waals surface area contributed by atoms with Gasteiger partial charge in [0.2, 0.25) is 11.7 Å². The highest BCUT2D eigenvalue weighted by molar-refractivity contribution is 5.77. The summed E-state index contributed by atoms with van der Waals surface area (Å²) in [5.41, 5.74) is 1.90. The predicted octanol–water partition coefficient (Wildman–Crippen LogP) is 1.44. The number of H-pyrrole nitrogens is 1. The molecule has 1 aliphatic rings. The zero-order valence-electron chi connectivity index (χ0n) is 12.3. The Balaban J connectivity index is 1.43. The minimum Gasteiger partial charge on any atom is -0.368 e. The van der Waals surface area contributed by atoms with Crippen LogP contribution in [0.5, 0.6) is 0 Å². The molecular weight excluding hydrogens is 282 g/mol. The lowest BCUT2D eigenvalue weighted by Crippen LogP contribution is -2.28. The van der Waals surface area contributed by atoms with Crippen molar-refractivity contribution >= 4 is 5.91 Å². The molecule has 1 saturated carbocycles. The molecule has 2 N–H and O–H groups in total. The number of nitrogens with zero attached hydrogens (tertiary/aromatic N) is 3. The Morgan fingerprint density at radius 1 is 1.27 bits per heavy atom. The van der Waals surface area contributed by atoms with Crippen LogP contribution in [0.25, 0.3) is 11.4 Å². The van der Waals surface area contributed by atoms with E-state index in [1.165, 1.54) is 12.8 Å². The first-order chi connectivity index (χ1) is 10.8. The summed E-state index contributed by atoms with van der Waals surface area (Å²) in [5.74, 6) is 0.481. The third-order valence-electron chi connectivity index (χ3n) is 3.80. The van der Waals surface area contributed by atoms with Crippen molar-refractivity contribution in [3.05, 3.63) is 29.8 Å². The Bertz CT molecular complexity index is 591. The number of tetrazole rings is 1. The molecule has 116 valence electrons. The van der Waals surface area contributed by atoms with Gasteiger partial charge in [0.25, 0.3) is 0 Å². The van der Waals surface area contributed by atoms with E-state index in [0.717, 1.165) is 24.0 Å². The van der Waals surface area contributed by atoms with E-state index in [-0.39, 0.29) is 18.6 Å². The number of benzene rings is 1. The van der Waals surface area contributed by atoms with Crippen LogP contribution in [0.15, 0.2) is 24.3 Å². The molecule has 0 bridgehead atoms. The number of carbonyl (C=O) groups is 1. The summed E-state index contributed by atoms with van der Waals surface area (Å²) in [6, 6.07) is 7.68. The molecule has 0 aliphatic heterocycles. The number of amides is 1. The molecule has 22 heavy (non-hydrogen) atoms. The average Bonchev–Trinajstić information content (AvgIpc) is 3.24. The summed E-state index contributed by atoms with van der Waals surface area (Å²) >= 11 is 0. The molecule has 1 fully saturated rings. The van der Waals surface area contributed by atoms with Crippen molar-refractivity contribution < 1.29 is 9.53 Å². The Morgan fingerprint density at radius 2 is 2.05 bits per heavy atom. The van der Waals surface area contributed by atoms with Gasteiger partial charge < -0.3 is 10.1 Å². The Hall–Kier alpha value is -2.28. The maximum absolute atomic E-state index is 11.8. The smallest absolute Gasteiger partial charge is 0.246 e. The zero-order valence-corrected chi connectivity index (χ0v) is 12.3. The summed E-state index contributed by atoms with van der Waals surface area (Å²) in [6.45, 7) is 0.630. The normalized spacial score (nSPS) is 15.1. The monoisotopic (exact) mass is 301 g/mol. The van der Waals surface area contributed by atoms with Crippen LogP contribution < -0.4 is 5.32 Å². The van der Waals surface area contributed by atoms with Crippen LogP contribution in [0.4, 0.5) is 0 Å². The van der Waals surface area contributed by atoms with Crippen LogP contribution in [0.1, 0.15) is 31.2 Å². The van der Waals surface area contributed by atoms with Gasteiger partial charge in [-0.1, -0.05) is 37.1 Å². The standard InChI is InChI=1S/C15H19N5O2/c21-14(10-22-13-3-1-2-4-13)16-9-11-5-7-12(8-6-11)15-17-19-20-18-15/h5-8,13H,1-4,9-10H2,(H,16,21)(H,17,18,19,20). The molecular formula is C15H19N5O2. The quantitative estimate of drug-likeness (QED) is 0.842. The molecule has 0 radical (unpaired) electrons. The summed E-state index contributed by atoms with van der Waals surface area (Å²) in [6.07, 6.45) is 4.83. The lowest BCUT2D eigenvalue weighted by atomic mass is 10.1. The van der Waals surface area contributed by atoms with E-state index in [4.69, 9.17) is 4.74 Å². The Kier molecular flexibility index (Phi) is 4.75. The number of hydrogen-bond donors (Lipinski definition) is 2. The number of rotatable bonds is 6. The molecule has 0 spiro atoms. The van der Waals surface area contributed by atoms with Gasteiger partial charge in [-0.25, -0.2) is 0 Å². The van der Waals surface area contributed by atoms with Gasteiger partial charge in [0.05, 0.1) is 6.10 Å². The van der Waals surface area contributed by atoms with Gasteiger partial charge in [0.1, 0.15) is 6.61 Å². The molecule has 7 nitrogen and oxygen atoms in total. The van der Waals surface area contributed by atoms with E-state index in [0.29, 0.717) is 12.4 Å². The second-order valence-corrected chi connectivity index (χ2v) is 5.43. The van der Waals surface area contributed by atoms with Gasteiger partial charge in [0.15, 0.2) is 0 Å². The molecule has 2 aromatic rings. The third-order valence-corrected chi connectivity index (χ3v) is 3.80. The number of carbonyl (C=O) groups excluding carboxylic acids is 1. The molecule has 1 amide bonds. The largest absolute Gasteiger partial charge is 0.368 e. The van der Waals surface area contributed by atoms with Crippen molar-refractivity contribution in [1.82, 2.24) is 25.9 Å². The highest BCUT2D eigenvalue weighted by Gasteiger charge is 2.16. The molecule has 0 saturated heterocycles. The molecule has 1 heterocycles. The fourth-order valence-electron chi connectivity index (χ4n) is 2.56. The number of aromatic nitrogens is 4. The van der Waals surface area contributed by atoms with Crippen LogP contribution in [-0.2, 0) is 16.1 Å². The first kappa shape index (κ1) is 14.6. The van der Waals surface area contributed by atoms with Crippen molar-refractivity contribution in [3.63, 3.8) is 0 Å². The molecule has 1 aliphatic carbocycles. The lowest BCUT2D eigenvalue weighted by molar-refractivity contribution is -0.127. The van der Waals surface area contributed by atoms with Crippen molar-refractivity contribution in [2.45, 2.75) is 38.3 Å². The van der Waals surface area contributed by atoms with E-state index in [9.17, 15) is 4.79 Å². The first-order valence-electron chi connectivity index (χ1n) is 7.52. The molecule has 0 atom stereocenters. The van der Waals surface area contributed by atoms with Crippen LogP contribution in [0.3, 0.4) is 0 Å². The van der Waals surface area contributed by atoms with Gasteiger partial charge in [-0.15, -0.1) is 10.2 Å². The Morgan fingerprint density at radius 3 is 2.73 bits per heavy atom. The van der Waals surface area contributed by atoms with E-state index in [2.05, 4.69) is 25.9 Å². The van der Waals surface area contributed by atoms with E-state index in [1.807, 2.05) is 24.3 Å². The fraction of sp³-hybridized carbons (Fsp3) is 0.467. The van der Waals surface area contributed by atoms with Gasteiger partial charge in [0, 0.05) is 12.1 Å². The minimum absolute atomic E-state index is 0.0749. The van der Waals surface area contributed by atoms with Gasteiger partial charge in [-0.05, 0) is 23.6 Å². The maximum atomic E-state index is 11.8. The maximum Gasteiger partial charge on any atom is 0.246 e. The molecule has 1 aromatic carbocycles. The summed E-state index contributed by atoms with van der Waals surface area (Å²) in [4.78, 5) is 11.8. The molecule has 1 aromatic heterocycles. The van der Waals surface area contributed by atoms with Crippen LogP contribution in [0, 0.1) is 0 Å². The number of aromatic amines is 1. The molecule has 0 unspecified atom stereocenters. The van der Waals surface area contributed by atoms with Gasteiger partial charge in [-0.2, -0.15) is 5.21 Å². The second kappa shape index (κ2) is 7.13. The summed E-state index contributed by atoms with van der Waals surface area (Å²) in [7, 11) is 0. The highest BCUT2D eigenvalue weighted by Crippen LogP contribution is 2.20. The lowest BCUT2D eigenvalue weighted by Gasteiger charge is -2.11. The van der Waals surface area contributed by atoms with Crippen molar-refractivity contribution in [2.24, 2.45) is 0 Å². The zero-order chi connectivity index (χ0) is 15.2. The van der Waals surface area contributed by atoms with Crippen molar-refractivity contribution in [2.75, 3.05) is 6.61 Å². The number of hydrogen-bond acceptors (Lipinski definition) is 5. The molecule has 3 rings (SSSR count). The third kappa shape index (κ3) is 3.88. The molecule has 7 heteroatoms. The SMILES string of the molecule is O=C(COC1CCCC1)NCc1ccc(-c2nn[nH]n2)cc1. The second-order valence-electron chi connectivity index (χ2n) is 5.43. The van der Waals surface area contributed by atoms with Crippen LogP contribution in [0.2, 0.25) is 0 Å². The fourth-order valence-corrected chi connectivity index (χ4v) is 2.56. The van der Waals surface area contributed by atoms with Crippen LogP contribution >= 0.6 is 0 Å². The van der Waals surface area contributed by atoms with Crippen molar-refractivity contribution in [3.8, 4) is 11.4 Å². The summed E-state index contributed by atoms with van der Waals surface area (Å²) in [5, 5.41) is 16.6. The first-order valence-corrected chi connectivity index (χ1v) is 7.52. The number of ether oxygens (including phenoxy) is 1. The van der Waals surface area contributed by atoms with E-state index in [1.54, 1.807) is 0 Å². The predicted molar refractivity (Wildman–Crippen MR) is 79.7 cm³/mol. The van der Waals surface area contributed by atoms with Gasteiger partial charge in [-0.3, -0.25) is 4.79 Å². The van der Waals surface area contributed by atoms with E-state index >= 15 is 0 Å². The van der Waals surface area contributed by atoms with Crippen molar-refractivity contribution in [1.29, 1.82) is 0 Å². The van der Waals surface area contributed by atoms with E-state index < -0.39 is 0 Å². The number of nitrogens with one attached hydrogen (secondary N) is 2. The average molecular weight is 301 g/mol. The summed E-state index contributed by atoms with van der Waals surface area (Å²) < 4.78 is 5.58.